The molecule has 1 saturated heterocycles. The van der Waals surface area contributed by atoms with Gasteiger partial charge in [0.25, 0.3) is 0 Å². The molecule has 1 aliphatic heterocycles. The fourth-order valence-electron chi connectivity index (χ4n) is 4.25. The molecule has 1 atom stereocenters. The quantitative estimate of drug-likeness (QED) is 0.839. The summed E-state index contributed by atoms with van der Waals surface area (Å²) in [5, 5.41) is 0. The Morgan fingerprint density at radius 2 is 1.68 bits per heavy atom. The Kier molecular flexibility index (Phi) is 6.53. The van der Waals surface area contributed by atoms with Crippen LogP contribution in [0.5, 0.6) is 0 Å². The van der Waals surface area contributed by atoms with Crippen LogP contribution in [0.2, 0.25) is 0 Å². The normalized spacial score (nSPS) is 23.6. The van der Waals surface area contributed by atoms with Crippen LogP contribution in [-0.2, 0) is 10.0 Å². The average molecular weight is 365 g/mol. The van der Waals surface area contributed by atoms with Crippen LogP contribution in [0.1, 0.15) is 50.5 Å². The standard InChI is InChI=1S/C20H32N2O2S/c1-17-9-11-20(12-10-17)25(23,24)21-14-19-8-5-13-22(16-19)15-18-6-3-2-4-7-18/h9-12,18-19,21H,2-8,13-16H2,1H3. The minimum atomic E-state index is -3.39. The van der Waals surface area contributed by atoms with Crippen molar-refractivity contribution in [2.24, 2.45) is 11.8 Å². The summed E-state index contributed by atoms with van der Waals surface area (Å²) in [5.74, 6) is 1.29. The molecule has 0 aromatic heterocycles. The van der Waals surface area contributed by atoms with Gasteiger partial charge in [-0.3, -0.25) is 0 Å². The molecule has 5 heteroatoms. The third kappa shape index (κ3) is 5.53. The van der Waals surface area contributed by atoms with Crippen molar-refractivity contribution in [3.63, 3.8) is 0 Å². The van der Waals surface area contributed by atoms with E-state index in [2.05, 4.69) is 9.62 Å². The van der Waals surface area contributed by atoms with Crippen LogP contribution in [0.3, 0.4) is 0 Å². The largest absolute Gasteiger partial charge is 0.303 e. The lowest BCUT2D eigenvalue weighted by Crippen LogP contribution is -2.42. The molecule has 1 aliphatic carbocycles. The summed E-state index contributed by atoms with van der Waals surface area (Å²) in [6.45, 7) is 5.94. The first-order chi connectivity index (χ1) is 12.0. The maximum atomic E-state index is 12.5. The molecule has 1 aromatic carbocycles. The Morgan fingerprint density at radius 3 is 2.40 bits per heavy atom. The molecule has 2 aliphatic rings. The van der Waals surface area contributed by atoms with E-state index in [0.29, 0.717) is 17.4 Å². The first-order valence-electron chi connectivity index (χ1n) is 9.81. The Labute approximate surface area is 153 Å². The zero-order valence-corrected chi connectivity index (χ0v) is 16.2. The second-order valence-electron chi connectivity index (χ2n) is 7.94. The number of rotatable bonds is 6. The molecule has 25 heavy (non-hydrogen) atoms. The van der Waals surface area contributed by atoms with Crippen molar-refractivity contribution in [3.05, 3.63) is 29.8 Å². The molecule has 0 amide bonds. The molecule has 0 bridgehead atoms. The summed E-state index contributed by atoms with van der Waals surface area (Å²) < 4.78 is 27.8. The van der Waals surface area contributed by atoms with Crippen LogP contribution in [0, 0.1) is 18.8 Å². The topological polar surface area (TPSA) is 49.4 Å². The van der Waals surface area contributed by atoms with Crippen molar-refractivity contribution in [2.75, 3.05) is 26.2 Å². The number of aryl methyl sites for hydroxylation is 1. The number of likely N-dealkylation sites (tertiary alicyclic amines) is 1. The zero-order chi connectivity index (χ0) is 17.7. The fraction of sp³-hybridized carbons (Fsp3) is 0.700. The predicted molar refractivity (Wildman–Crippen MR) is 102 cm³/mol. The lowest BCUT2D eigenvalue weighted by molar-refractivity contribution is 0.139. The number of piperidine rings is 1. The maximum absolute atomic E-state index is 12.5. The van der Waals surface area contributed by atoms with Gasteiger partial charge in [-0.25, -0.2) is 13.1 Å². The Balaban J connectivity index is 1.49. The molecule has 1 saturated carbocycles. The summed E-state index contributed by atoms with van der Waals surface area (Å²) >= 11 is 0. The fourth-order valence-corrected chi connectivity index (χ4v) is 5.36. The molecule has 1 unspecified atom stereocenters. The van der Waals surface area contributed by atoms with Crippen LogP contribution in [0.4, 0.5) is 0 Å². The van der Waals surface area contributed by atoms with Gasteiger partial charge in [-0.15, -0.1) is 0 Å². The number of hydrogen-bond donors (Lipinski definition) is 1. The van der Waals surface area contributed by atoms with E-state index in [1.165, 1.54) is 51.6 Å². The van der Waals surface area contributed by atoms with Gasteiger partial charge in [-0.2, -0.15) is 0 Å². The Hall–Kier alpha value is -0.910. The molecule has 0 spiro atoms. The highest BCUT2D eigenvalue weighted by Gasteiger charge is 2.25. The van der Waals surface area contributed by atoms with E-state index in [4.69, 9.17) is 0 Å². The molecule has 140 valence electrons. The Bertz CT molecular complexity index is 636. The van der Waals surface area contributed by atoms with E-state index in [1.807, 2.05) is 19.1 Å². The van der Waals surface area contributed by atoms with Gasteiger partial charge in [0.05, 0.1) is 4.90 Å². The van der Waals surface area contributed by atoms with Gasteiger partial charge in [0, 0.05) is 19.6 Å². The van der Waals surface area contributed by atoms with E-state index in [9.17, 15) is 8.42 Å². The molecule has 1 N–H and O–H groups in total. The van der Waals surface area contributed by atoms with E-state index in [-0.39, 0.29) is 0 Å². The first-order valence-corrected chi connectivity index (χ1v) is 11.3. The highest BCUT2D eigenvalue weighted by molar-refractivity contribution is 7.89. The van der Waals surface area contributed by atoms with Crippen LogP contribution >= 0.6 is 0 Å². The molecule has 2 fully saturated rings. The Morgan fingerprint density at radius 1 is 1.00 bits per heavy atom. The van der Waals surface area contributed by atoms with Gasteiger partial charge in [0.1, 0.15) is 0 Å². The van der Waals surface area contributed by atoms with E-state index in [1.54, 1.807) is 12.1 Å². The summed E-state index contributed by atoms with van der Waals surface area (Å²) in [5.41, 5.74) is 1.07. The van der Waals surface area contributed by atoms with Gasteiger partial charge >= 0.3 is 0 Å². The average Bonchev–Trinajstić information content (AvgIpc) is 2.62. The van der Waals surface area contributed by atoms with Gasteiger partial charge in [0.15, 0.2) is 0 Å². The SMILES string of the molecule is Cc1ccc(S(=O)(=O)NCC2CCCN(CC3CCCCC3)C2)cc1. The number of sulfonamides is 1. The number of nitrogens with zero attached hydrogens (tertiary/aromatic N) is 1. The minimum absolute atomic E-state index is 0.368. The van der Waals surface area contributed by atoms with Crippen molar-refractivity contribution in [1.82, 2.24) is 9.62 Å². The highest BCUT2D eigenvalue weighted by Crippen LogP contribution is 2.26. The van der Waals surface area contributed by atoms with E-state index >= 15 is 0 Å². The molecular formula is C20H32N2O2S. The molecule has 3 rings (SSSR count). The lowest BCUT2D eigenvalue weighted by atomic mass is 9.88. The lowest BCUT2D eigenvalue weighted by Gasteiger charge is -2.36. The number of benzene rings is 1. The molecule has 4 nitrogen and oxygen atoms in total. The smallest absolute Gasteiger partial charge is 0.240 e. The predicted octanol–water partition coefficient (Wildman–Crippen LogP) is 3.57. The van der Waals surface area contributed by atoms with E-state index in [0.717, 1.165) is 24.4 Å². The molecule has 0 radical (unpaired) electrons. The molecule has 1 heterocycles. The summed E-state index contributed by atoms with van der Waals surface area (Å²) in [6, 6.07) is 7.07. The minimum Gasteiger partial charge on any atom is -0.303 e. The molecular weight excluding hydrogens is 332 g/mol. The third-order valence-corrected chi connectivity index (χ3v) is 7.18. The van der Waals surface area contributed by atoms with Gasteiger partial charge in [-0.1, -0.05) is 37.0 Å². The summed E-state index contributed by atoms with van der Waals surface area (Å²) in [7, 11) is -3.39. The van der Waals surface area contributed by atoms with Crippen molar-refractivity contribution >= 4 is 10.0 Å². The van der Waals surface area contributed by atoms with Crippen LogP contribution < -0.4 is 4.72 Å². The maximum Gasteiger partial charge on any atom is 0.240 e. The third-order valence-electron chi connectivity index (χ3n) is 5.74. The van der Waals surface area contributed by atoms with Crippen molar-refractivity contribution in [3.8, 4) is 0 Å². The first kappa shape index (κ1) is 18.9. The van der Waals surface area contributed by atoms with Gasteiger partial charge in [0.2, 0.25) is 10.0 Å². The van der Waals surface area contributed by atoms with Crippen molar-refractivity contribution in [1.29, 1.82) is 0 Å². The second-order valence-corrected chi connectivity index (χ2v) is 9.70. The van der Waals surface area contributed by atoms with Crippen LogP contribution in [0.15, 0.2) is 29.2 Å². The summed E-state index contributed by atoms with van der Waals surface area (Å²) in [4.78, 5) is 2.94. The van der Waals surface area contributed by atoms with Gasteiger partial charge in [-0.05, 0) is 63.1 Å². The van der Waals surface area contributed by atoms with Crippen LogP contribution in [0.25, 0.3) is 0 Å². The highest BCUT2D eigenvalue weighted by atomic mass is 32.2. The monoisotopic (exact) mass is 364 g/mol. The number of nitrogens with one attached hydrogen (secondary N) is 1. The zero-order valence-electron chi connectivity index (χ0n) is 15.4. The van der Waals surface area contributed by atoms with Crippen molar-refractivity contribution < 1.29 is 8.42 Å². The van der Waals surface area contributed by atoms with Gasteiger partial charge < -0.3 is 4.90 Å². The number of hydrogen-bond acceptors (Lipinski definition) is 3. The molecule has 1 aromatic rings. The van der Waals surface area contributed by atoms with Crippen molar-refractivity contribution in [2.45, 2.75) is 56.8 Å². The van der Waals surface area contributed by atoms with Crippen LogP contribution in [-0.4, -0.2) is 39.5 Å². The second kappa shape index (κ2) is 8.65. The van der Waals surface area contributed by atoms with E-state index < -0.39 is 10.0 Å². The summed E-state index contributed by atoms with van der Waals surface area (Å²) in [6.07, 6.45) is 9.24.